The van der Waals surface area contributed by atoms with Crippen LogP contribution in [0.1, 0.15) is 49.7 Å². The van der Waals surface area contributed by atoms with Gasteiger partial charge in [-0.25, -0.2) is 0 Å². The van der Waals surface area contributed by atoms with Crippen LogP contribution in [0.2, 0.25) is 0 Å². The summed E-state index contributed by atoms with van der Waals surface area (Å²) in [5, 5.41) is 9.82. The topological polar surface area (TPSA) is 72.2 Å². The lowest BCUT2D eigenvalue weighted by Gasteiger charge is -2.33. The Balaban J connectivity index is 2.17. The number of pyridine rings is 1. The molecule has 0 saturated heterocycles. The Labute approximate surface area is 153 Å². The average molecular weight is 350 g/mol. The number of esters is 1. The summed E-state index contributed by atoms with van der Waals surface area (Å²) in [5.41, 5.74) is 4.25. The molecule has 1 aliphatic rings. The van der Waals surface area contributed by atoms with Crippen molar-refractivity contribution < 1.29 is 14.3 Å². The number of fused-ring (bicyclic) bond motifs is 1. The molecule has 0 fully saturated rings. The van der Waals surface area contributed by atoms with E-state index in [1.54, 1.807) is 6.92 Å². The Morgan fingerprint density at radius 2 is 2.08 bits per heavy atom. The molecule has 1 aromatic carbocycles. The number of hydrogen-bond acceptors (Lipinski definition) is 5. The molecule has 2 heterocycles. The van der Waals surface area contributed by atoms with Gasteiger partial charge < -0.3 is 9.47 Å². The molecule has 134 valence electrons. The van der Waals surface area contributed by atoms with Gasteiger partial charge in [0.15, 0.2) is 0 Å². The number of hydrogen-bond donors (Lipinski definition) is 0. The quantitative estimate of drug-likeness (QED) is 0.781. The number of ether oxygens (including phenoxy) is 2. The van der Waals surface area contributed by atoms with Crippen LogP contribution in [0.5, 0.6) is 0 Å². The number of nitrogens with zero attached hydrogens (tertiary/aromatic N) is 2. The normalized spacial score (nSPS) is 15.0. The van der Waals surface area contributed by atoms with E-state index in [1.807, 2.05) is 44.2 Å². The third kappa shape index (κ3) is 3.61. The second-order valence-corrected chi connectivity index (χ2v) is 6.95. The number of rotatable bonds is 4. The van der Waals surface area contributed by atoms with Crippen molar-refractivity contribution in [1.29, 1.82) is 5.26 Å². The first-order valence-electron chi connectivity index (χ1n) is 8.75. The zero-order valence-corrected chi connectivity index (χ0v) is 15.3. The summed E-state index contributed by atoms with van der Waals surface area (Å²) < 4.78 is 11.2. The molecule has 5 nitrogen and oxygen atoms in total. The predicted molar refractivity (Wildman–Crippen MR) is 97.0 cm³/mol. The Bertz CT molecular complexity index is 867. The van der Waals surface area contributed by atoms with E-state index in [2.05, 4.69) is 6.07 Å². The van der Waals surface area contributed by atoms with Gasteiger partial charge in [0.2, 0.25) is 0 Å². The van der Waals surface area contributed by atoms with Crippen molar-refractivity contribution in [2.24, 2.45) is 0 Å². The summed E-state index contributed by atoms with van der Waals surface area (Å²) in [4.78, 5) is 16.3. The monoisotopic (exact) mass is 350 g/mol. The highest BCUT2D eigenvalue weighted by atomic mass is 16.5. The molecular formula is C21H22N2O3. The van der Waals surface area contributed by atoms with Gasteiger partial charge in [0.05, 0.1) is 23.5 Å². The first-order chi connectivity index (χ1) is 12.4. The van der Waals surface area contributed by atoms with Crippen molar-refractivity contribution in [2.45, 2.75) is 52.4 Å². The molecule has 0 unspecified atom stereocenters. The van der Waals surface area contributed by atoms with Gasteiger partial charge in [-0.3, -0.25) is 9.78 Å². The van der Waals surface area contributed by atoms with E-state index in [1.165, 1.54) is 0 Å². The highest BCUT2D eigenvalue weighted by molar-refractivity contribution is 5.76. The molecule has 0 saturated carbocycles. The zero-order valence-electron chi connectivity index (χ0n) is 15.3. The van der Waals surface area contributed by atoms with Crippen LogP contribution < -0.4 is 0 Å². The van der Waals surface area contributed by atoms with Crippen LogP contribution in [0.4, 0.5) is 0 Å². The summed E-state index contributed by atoms with van der Waals surface area (Å²) in [6.45, 7) is 6.19. The number of carbonyl (C=O) groups is 1. The first-order valence-corrected chi connectivity index (χ1v) is 8.75. The molecule has 5 heteroatoms. The molecule has 0 radical (unpaired) electrons. The van der Waals surface area contributed by atoms with Gasteiger partial charge in [0, 0.05) is 29.7 Å². The summed E-state index contributed by atoms with van der Waals surface area (Å²) in [6.07, 6.45) is 0.932. The lowest BCUT2D eigenvalue weighted by Crippen LogP contribution is -2.33. The van der Waals surface area contributed by atoms with Crippen LogP contribution >= 0.6 is 0 Å². The Hall–Kier alpha value is -2.71. The maximum atomic E-state index is 11.6. The standard InChI is InChI=1S/C21H22N2O3/c1-4-19(24)25-13-18-15(11-22)20(14-8-6-5-7-9-14)16-12-26-21(2,3)10-17(16)23-18/h5-9H,4,10,12-13H2,1-3H3. The van der Waals surface area contributed by atoms with Crippen LogP contribution in [0.25, 0.3) is 11.1 Å². The van der Waals surface area contributed by atoms with Gasteiger partial charge in [-0.15, -0.1) is 0 Å². The van der Waals surface area contributed by atoms with E-state index in [0.717, 1.165) is 22.4 Å². The molecule has 0 amide bonds. The number of carbonyl (C=O) groups excluding carboxylic acids is 1. The first kappa shape index (κ1) is 18.1. The minimum absolute atomic E-state index is 0.00393. The number of aromatic nitrogens is 1. The molecule has 0 atom stereocenters. The van der Waals surface area contributed by atoms with Gasteiger partial charge in [-0.2, -0.15) is 5.26 Å². The van der Waals surface area contributed by atoms with Gasteiger partial charge in [0.25, 0.3) is 0 Å². The van der Waals surface area contributed by atoms with Crippen molar-refractivity contribution >= 4 is 5.97 Å². The van der Waals surface area contributed by atoms with Gasteiger partial charge >= 0.3 is 5.97 Å². The third-order valence-electron chi connectivity index (χ3n) is 4.49. The van der Waals surface area contributed by atoms with Crippen LogP contribution in [0.3, 0.4) is 0 Å². The smallest absolute Gasteiger partial charge is 0.305 e. The van der Waals surface area contributed by atoms with Crippen molar-refractivity contribution in [1.82, 2.24) is 4.98 Å². The fourth-order valence-electron chi connectivity index (χ4n) is 3.15. The van der Waals surface area contributed by atoms with Crippen LogP contribution in [0, 0.1) is 11.3 Å². The van der Waals surface area contributed by atoms with Crippen molar-refractivity contribution in [2.75, 3.05) is 0 Å². The molecule has 3 rings (SSSR count). The highest BCUT2D eigenvalue weighted by Crippen LogP contribution is 2.37. The SMILES string of the molecule is CCC(=O)OCc1nc2c(c(-c3ccccc3)c1C#N)COC(C)(C)C2. The van der Waals surface area contributed by atoms with E-state index >= 15 is 0 Å². The van der Waals surface area contributed by atoms with E-state index in [9.17, 15) is 10.1 Å². The highest BCUT2D eigenvalue weighted by Gasteiger charge is 2.31. The van der Waals surface area contributed by atoms with Crippen molar-refractivity contribution in [3.63, 3.8) is 0 Å². The van der Waals surface area contributed by atoms with Gasteiger partial charge in [-0.1, -0.05) is 37.3 Å². The van der Waals surface area contributed by atoms with Gasteiger partial charge in [0.1, 0.15) is 12.7 Å². The minimum atomic E-state index is -0.320. The molecule has 0 bridgehead atoms. The second kappa shape index (κ2) is 7.27. The second-order valence-electron chi connectivity index (χ2n) is 6.95. The fourth-order valence-corrected chi connectivity index (χ4v) is 3.15. The Morgan fingerprint density at radius 3 is 2.73 bits per heavy atom. The third-order valence-corrected chi connectivity index (χ3v) is 4.49. The maximum Gasteiger partial charge on any atom is 0.305 e. The van der Waals surface area contributed by atoms with E-state index in [0.29, 0.717) is 30.7 Å². The molecule has 0 aliphatic carbocycles. The number of benzene rings is 1. The molecule has 26 heavy (non-hydrogen) atoms. The van der Waals surface area contributed by atoms with Crippen molar-refractivity contribution in [3.8, 4) is 17.2 Å². The average Bonchev–Trinajstić information content (AvgIpc) is 2.64. The van der Waals surface area contributed by atoms with Crippen LogP contribution in [-0.2, 0) is 33.9 Å². The lowest BCUT2D eigenvalue weighted by molar-refractivity contribution is -0.144. The van der Waals surface area contributed by atoms with E-state index in [-0.39, 0.29) is 18.2 Å². The molecule has 2 aromatic rings. The summed E-state index contributed by atoms with van der Waals surface area (Å²) in [6, 6.07) is 12.0. The molecule has 1 aliphatic heterocycles. The zero-order chi connectivity index (χ0) is 18.7. The molecule has 0 N–H and O–H groups in total. The van der Waals surface area contributed by atoms with Gasteiger partial charge in [-0.05, 0) is 19.4 Å². The largest absolute Gasteiger partial charge is 0.459 e. The summed E-state index contributed by atoms with van der Waals surface area (Å²) in [5.74, 6) is -0.307. The van der Waals surface area contributed by atoms with Crippen LogP contribution in [0.15, 0.2) is 30.3 Å². The Morgan fingerprint density at radius 1 is 1.35 bits per heavy atom. The molecule has 1 aromatic heterocycles. The summed E-state index contributed by atoms with van der Waals surface area (Å²) in [7, 11) is 0. The molecule has 0 spiro atoms. The Kier molecular flexibility index (Phi) is 5.06. The van der Waals surface area contributed by atoms with Crippen LogP contribution in [-0.4, -0.2) is 16.6 Å². The minimum Gasteiger partial charge on any atom is -0.459 e. The number of nitriles is 1. The maximum absolute atomic E-state index is 11.6. The predicted octanol–water partition coefficient (Wildman–Crippen LogP) is 3.92. The van der Waals surface area contributed by atoms with E-state index < -0.39 is 0 Å². The summed E-state index contributed by atoms with van der Waals surface area (Å²) >= 11 is 0. The van der Waals surface area contributed by atoms with Crippen molar-refractivity contribution in [3.05, 3.63) is 52.8 Å². The lowest BCUT2D eigenvalue weighted by atomic mass is 9.88. The molecular weight excluding hydrogens is 328 g/mol. The fraction of sp³-hybridized carbons (Fsp3) is 0.381. The van der Waals surface area contributed by atoms with E-state index in [4.69, 9.17) is 14.5 Å².